The van der Waals surface area contributed by atoms with Crippen molar-refractivity contribution in [1.29, 1.82) is 0 Å². The molecule has 1 heterocycles. The van der Waals surface area contributed by atoms with Gasteiger partial charge in [-0.1, -0.05) is 12.1 Å². The molecule has 0 fully saturated rings. The van der Waals surface area contributed by atoms with Crippen molar-refractivity contribution in [3.05, 3.63) is 35.2 Å². The molecule has 2 nitrogen and oxygen atoms in total. The molecule has 2 N–H and O–H groups in total. The highest BCUT2D eigenvalue weighted by Crippen LogP contribution is 2.25. The lowest BCUT2D eigenvalue weighted by atomic mass is 10.0. The van der Waals surface area contributed by atoms with Crippen LogP contribution in [0, 0.1) is 0 Å². The summed E-state index contributed by atoms with van der Waals surface area (Å²) in [5.41, 5.74) is 0.979. The van der Waals surface area contributed by atoms with Crippen molar-refractivity contribution in [3.63, 3.8) is 0 Å². The Morgan fingerprint density at radius 2 is 2.13 bits per heavy atom. The number of likely N-dealkylation sites (N-methyl/N-ethyl adjacent to an activating group) is 1. The summed E-state index contributed by atoms with van der Waals surface area (Å²) in [6.07, 6.45) is -0.443. The number of fused-ring (bicyclic) bond motifs is 1. The van der Waals surface area contributed by atoms with E-state index in [1.807, 2.05) is 20.0 Å². The summed E-state index contributed by atoms with van der Waals surface area (Å²) < 4.78 is 1.23. The summed E-state index contributed by atoms with van der Waals surface area (Å²) in [4.78, 5) is 0. The minimum absolute atomic E-state index is 0.0717. The SMILES string of the molecule is CNC(C)C(O)c1ccc2ccsc2c1. The maximum atomic E-state index is 10.0. The van der Waals surface area contributed by atoms with Crippen molar-refractivity contribution in [3.8, 4) is 0 Å². The first-order valence-corrected chi connectivity index (χ1v) is 5.93. The second-order valence-electron chi connectivity index (χ2n) is 3.74. The molecule has 2 unspecified atom stereocenters. The molecule has 2 atom stereocenters. The van der Waals surface area contributed by atoms with E-state index in [9.17, 15) is 5.11 Å². The van der Waals surface area contributed by atoms with Crippen molar-refractivity contribution in [2.45, 2.75) is 19.1 Å². The highest BCUT2D eigenvalue weighted by Gasteiger charge is 2.14. The fourth-order valence-electron chi connectivity index (χ4n) is 1.60. The lowest BCUT2D eigenvalue weighted by Gasteiger charge is -2.18. The predicted molar refractivity (Wildman–Crippen MR) is 65.3 cm³/mol. The van der Waals surface area contributed by atoms with Crippen LogP contribution in [0.3, 0.4) is 0 Å². The summed E-state index contributed by atoms with van der Waals surface area (Å²) in [6, 6.07) is 8.29. The molecule has 1 aromatic carbocycles. The molecule has 2 aromatic rings. The molecule has 0 radical (unpaired) electrons. The third-order valence-corrected chi connectivity index (χ3v) is 3.63. The van der Waals surface area contributed by atoms with Crippen LogP contribution in [0.1, 0.15) is 18.6 Å². The fourth-order valence-corrected chi connectivity index (χ4v) is 2.44. The molecule has 0 saturated carbocycles. The first kappa shape index (κ1) is 10.6. The summed E-state index contributed by atoms with van der Waals surface area (Å²) >= 11 is 1.71. The van der Waals surface area contributed by atoms with Crippen LogP contribution in [0.5, 0.6) is 0 Å². The molecule has 1 aromatic heterocycles. The largest absolute Gasteiger partial charge is 0.387 e. The molecule has 0 amide bonds. The Morgan fingerprint density at radius 3 is 2.87 bits per heavy atom. The zero-order chi connectivity index (χ0) is 10.8. The zero-order valence-electron chi connectivity index (χ0n) is 8.90. The lowest BCUT2D eigenvalue weighted by molar-refractivity contribution is 0.140. The third kappa shape index (κ3) is 2.04. The Labute approximate surface area is 93.6 Å². The fraction of sp³-hybridized carbons (Fsp3) is 0.333. The van der Waals surface area contributed by atoms with Crippen LogP contribution < -0.4 is 5.32 Å². The van der Waals surface area contributed by atoms with Crippen molar-refractivity contribution in [2.75, 3.05) is 7.05 Å². The highest BCUT2D eigenvalue weighted by atomic mass is 32.1. The Morgan fingerprint density at radius 1 is 1.33 bits per heavy atom. The first-order chi connectivity index (χ1) is 7.22. The number of benzene rings is 1. The summed E-state index contributed by atoms with van der Waals surface area (Å²) in [6.45, 7) is 1.98. The van der Waals surface area contributed by atoms with Crippen LogP contribution in [-0.2, 0) is 0 Å². The van der Waals surface area contributed by atoms with Crippen LogP contribution in [0.4, 0.5) is 0 Å². The van der Waals surface area contributed by atoms with Gasteiger partial charge in [-0.25, -0.2) is 0 Å². The predicted octanol–water partition coefficient (Wildman–Crippen LogP) is 2.54. The van der Waals surface area contributed by atoms with E-state index in [4.69, 9.17) is 0 Å². The van der Waals surface area contributed by atoms with Gasteiger partial charge in [0, 0.05) is 10.7 Å². The Balaban J connectivity index is 2.35. The van der Waals surface area contributed by atoms with Crippen molar-refractivity contribution in [2.24, 2.45) is 0 Å². The molecular weight excluding hydrogens is 206 g/mol. The standard InChI is InChI=1S/C12H15NOS/c1-8(13-2)12(14)10-4-3-9-5-6-15-11(9)7-10/h3-8,12-14H,1-2H3. The molecule has 3 heteroatoms. The van der Waals surface area contributed by atoms with Gasteiger partial charge in [-0.2, -0.15) is 0 Å². The van der Waals surface area contributed by atoms with E-state index in [2.05, 4.69) is 28.9 Å². The van der Waals surface area contributed by atoms with Gasteiger partial charge in [0.25, 0.3) is 0 Å². The van der Waals surface area contributed by atoms with Gasteiger partial charge < -0.3 is 10.4 Å². The van der Waals surface area contributed by atoms with Crippen LogP contribution in [0.2, 0.25) is 0 Å². The van der Waals surface area contributed by atoms with E-state index in [0.717, 1.165) is 5.56 Å². The number of rotatable bonds is 3. The molecule has 0 aliphatic rings. The summed E-state index contributed by atoms with van der Waals surface area (Å²) in [7, 11) is 1.86. The van der Waals surface area contributed by atoms with Crippen LogP contribution >= 0.6 is 11.3 Å². The Bertz CT molecular complexity index is 452. The minimum atomic E-state index is -0.443. The van der Waals surface area contributed by atoms with E-state index in [1.165, 1.54) is 10.1 Å². The van der Waals surface area contributed by atoms with E-state index >= 15 is 0 Å². The van der Waals surface area contributed by atoms with Gasteiger partial charge in [-0.15, -0.1) is 11.3 Å². The number of aliphatic hydroxyl groups excluding tert-OH is 1. The number of thiophene rings is 1. The zero-order valence-corrected chi connectivity index (χ0v) is 9.71. The van der Waals surface area contributed by atoms with Crippen molar-refractivity contribution < 1.29 is 5.11 Å². The van der Waals surface area contributed by atoms with Crippen molar-refractivity contribution >= 4 is 21.4 Å². The van der Waals surface area contributed by atoms with Gasteiger partial charge in [0.15, 0.2) is 0 Å². The van der Waals surface area contributed by atoms with Gasteiger partial charge in [-0.3, -0.25) is 0 Å². The average Bonchev–Trinajstić information content (AvgIpc) is 2.73. The molecule has 0 spiro atoms. The summed E-state index contributed by atoms with van der Waals surface area (Å²) in [5, 5.41) is 16.4. The monoisotopic (exact) mass is 221 g/mol. The number of aliphatic hydroxyl groups is 1. The van der Waals surface area contributed by atoms with Gasteiger partial charge in [0.2, 0.25) is 0 Å². The van der Waals surface area contributed by atoms with Gasteiger partial charge in [-0.05, 0) is 42.4 Å². The third-order valence-electron chi connectivity index (χ3n) is 2.75. The number of hydrogen-bond donors (Lipinski definition) is 2. The molecule has 80 valence electrons. The smallest absolute Gasteiger partial charge is 0.0940 e. The van der Waals surface area contributed by atoms with E-state index in [-0.39, 0.29) is 6.04 Å². The van der Waals surface area contributed by atoms with E-state index in [0.29, 0.717) is 0 Å². The maximum Gasteiger partial charge on any atom is 0.0940 e. The minimum Gasteiger partial charge on any atom is -0.387 e. The van der Waals surface area contributed by atoms with Crippen LogP contribution in [0.15, 0.2) is 29.6 Å². The topological polar surface area (TPSA) is 32.3 Å². The second-order valence-corrected chi connectivity index (χ2v) is 4.69. The number of nitrogens with one attached hydrogen (secondary N) is 1. The molecule has 0 bridgehead atoms. The molecule has 0 aliphatic carbocycles. The molecular formula is C12H15NOS. The van der Waals surface area contributed by atoms with Gasteiger partial charge in [0.05, 0.1) is 6.10 Å². The first-order valence-electron chi connectivity index (χ1n) is 5.05. The lowest BCUT2D eigenvalue weighted by Crippen LogP contribution is -2.28. The second kappa shape index (κ2) is 4.31. The van der Waals surface area contributed by atoms with Crippen LogP contribution in [0.25, 0.3) is 10.1 Å². The van der Waals surface area contributed by atoms with Crippen LogP contribution in [-0.4, -0.2) is 18.2 Å². The normalized spacial score (nSPS) is 15.4. The Kier molecular flexibility index (Phi) is 3.05. The van der Waals surface area contributed by atoms with E-state index < -0.39 is 6.10 Å². The summed E-state index contributed by atoms with van der Waals surface area (Å²) in [5.74, 6) is 0. The maximum absolute atomic E-state index is 10.0. The molecule has 15 heavy (non-hydrogen) atoms. The molecule has 0 aliphatic heterocycles. The van der Waals surface area contributed by atoms with Crippen molar-refractivity contribution in [1.82, 2.24) is 5.32 Å². The number of hydrogen-bond acceptors (Lipinski definition) is 3. The highest BCUT2D eigenvalue weighted by molar-refractivity contribution is 7.17. The van der Waals surface area contributed by atoms with Gasteiger partial charge >= 0.3 is 0 Å². The van der Waals surface area contributed by atoms with E-state index in [1.54, 1.807) is 11.3 Å². The quantitative estimate of drug-likeness (QED) is 0.835. The molecule has 0 saturated heterocycles. The Hall–Kier alpha value is -0.900. The molecule has 2 rings (SSSR count). The van der Waals surface area contributed by atoms with Gasteiger partial charge in [0.1, 0.15) is 0 Å². The average molecular weight is 221 g/mol.